The average Bonchev–Trinajstić information content (AvgIpc) is 2.54. The van der Waals surface area contributed by atoms with E-state index in [1.807, 2.05) is 6.92 Å². The molecule has 148 valence electrons. The quantitative estimate of drug-likeness (QED) is 0.342. The van der Waals surface area contributed by atoms with E-state index in [9.17, 15) is 9.59 Å². The Labute approximate surface area is 162 Å². The Bertz CT molecular complexity index is 678. The van der Waals surface area contributed by atoms with Crippen molar-refractivity contribution < 1.29 is 9.53 Å². The first kappa shape index (κ1) is 22.6. The van der Waals surface area contributed by atoms with Crippen LogP contribution in [0, 0.1) is 21.9 Å². The van der Waals surface area contributed by atoms with Crippen LogP contribution in [0.3, 0.4) is 0 Å². The highest BCUT2D eigenvalue weighted by atomic mass is 32.1. The fraction of sp³-hybridized carbons (Fsp3) is 0.750. The lowest BCUT2D eigenvalue weighted by Gasteiger charge is -2.32. The molecule has 0 aliphatic carbocycles. The summed E-state index contributed by atoms with van der Waals surface area (Å²) in [5, 5.41) is 0. The van der Waals surface area contributed by atoms with Gasteiger partial charge in [-0.05, 0) is 50.5 Å². The van der Waals surface area contributed by atoms with E-state index in [2.05, 4.69) is 32.7 Å². The van der Waals surface area contributed by atoms with Gasteiger partial charge in [-0.15, -0.1) is 0 Å². The Hall–Kier alpha value is -1.43. The minimum Gasteiger partial charge on any atom is -0.465 e. The van der Waals surface area contributed by atoms with Crippen LogP contribution in [0.15, 0.2) is 17.1 Å². The first-order chi connectivity index (χ1) is 12.2. The highest BCUT2D eigenvalue weighted by Gasteiger charge is 2.38. The number of hydrogen-bond donors (Lipinski definition) is 1. The van der Waals surface area contributed by atoms with Crippen molar-refractivity contribution >= 4 is 18.2 Å². The van der Waals surface area contributed by atoms with E-state index in [0.717, 1.165) is 32.1 Å². The topological polar surface area (TPSA) is 64.1 Å². The fourth-order valence-corrected chi connectivity index (χ4v) is 3.24. The van der Waals surface area contributed by atoms with Crippen molar-refractivity contribution in [3.05, 3.63) is 27.4 Å². The summed E-state index contributed by atoms with van der Waals surface area (Å²) in [5.74, 6) is 0.645. The number of nitrogens with one attached hydrogen (secondary N) is 1. The second-order valence-electron chi connectivity index (χ2n) is 8.02. The molecule has 1 rings (SSSR count). The third-order valence-corrected chi connectivity index (χ3v) is 5.23. The van der Waals surface area contributed by atoms with Gasteiger partial charge in [0.1, 0.15) is 4.64 Å². The van der Waals surface area contributed by atoms with E-state index < -0.39 is 5.41 Å². The summed E-state index contributed by atoms with van der Waals surface area (Å²) in [4.78, 5) is 26.8. The first-order valence-electron chi connectivity index (χ1n) is 9.64. The lowest BCUT2D eigenvalue weighted by Crippen LogP contribution is -2.36. The molecule has 1 atom stereocenters. The standard InChI is InChI=1S/C20H34N2O3S/c1-15(2)14-20(5,16(3)4)18(23)25-13-9-7-6-8-11-22-12-10-17(26)21-19(22)24/h10,12,15-16H,6-9,11,13-14H2,1-5H3,(H,21,24,26). The Balaban J connectivity index is 2.28. The summed E-state index contributed by atoms with van der Waals surface area (Å²) in [6, 6.07) is 1.72. The van der Waals surface area contributed by atoms with Crippen molar-refractivity contribution in [2.75, 3.05) is 6.61 Å². The van der Waals surface area contributed by atoms with Crippen molar-refractivity contribution in [3.8, 4) is 0 Å². The number of H-pyrrole nitrogens is 1. The molecule has 0 aromatic carbocycles. The van der Waals surface area contributed by atoms with E-state index in [1.54, 1.807) is 16.8 Å². The van der Waals surface area contributed by atoms with Crippen molar-refractivity contribution in [3.63, 3.8) is 0 Å². The number of aromatic amines is 1. The van der Waals surface area contributed by atoms with Gasteiger partial charge in [0.25, 0.3) is 0 Å². The highest BCUT2D eigenvalue weighted by molar-refractivity contribution is 7.71. The van der Waals surface area contributed by atoms with E-state index in [0.29, 0.717) is 23.7 Å². The van der Waals surface area contributed by atoms with Crippen LogP contribution in [0.1, 0.15) is 66.7 Å². The second-order valence-corrected chi connectivity index (χ2v) is 8.46. The van der Waals surface area contributed by atoms with Crippen molar-refractivity contribution in [1.29, 1.82) is 0 Å². The van der Waals surface area contributed by atoms with Gasteiger partial charge in [0.15, 0.2) is 0 Å². The predicted octanol–water partition coefficient (Wildman–Crippen LogP) is 4.72. The van der Waals surface area contributed by atoms with Crippen LogP contribution in [-0.2, 0) is 16.1 Å². The largest absolute Gasteiger partial charge is 0.465 e. The molecule has 0 spiro atoms. The van der Waals surface area contributed by atoms with Crippen molar-refractivity contribution in [2.45, 2.75) is 73.3 Å². The van der Waals surface area contributed by atoms with Crippen LogP contribution < -0.4 is 5.69 Å². The highest BCUT2D eigenvalue weighted by Crippen LogP contribution is 2.35. The van der Waals surface area contributed by atoms with Gasteiger partial charge in [-0.1, -0.05) is 46.3 Å². The van der Waals surface area contributed by atoms with Gasteiger partial charge in [-0.3, -0.25) is 9.78 Å². The molecule has 6 heteroatoms. The van der Waals surface area contributed by atoms with E-state index >= 15 is 0 Å². The third kappa shape index (κ3) is 7.06. The number of esters is 1. The summed E-state index contributed by atoms with van der Waals surface area (Å²) >= 11 is 4.92. The van der Waals surface area contributed by atoms with Crippen LogP contribution in [0.5, 0.6) is 0 Å². The van der Waals surface area contributed by atoms with E-state index in [-0.39, 0.29) is 17.6 Å². The van der Waals surface area contributed by atoms with Crippen LogP contribution in [-0.4, -0.2) is 22.1 Å². The number of aryl methyl sites for hydroxylation is 1. The zero-order valence-corrected chi connectivity index (χ0v) is 17.7. The lowest BCUT2D eigenvalue weighted by molar-refractivity contribution is -0.159. The zero-order chi connectivity index (χ0) is 19.7. The van der Waals surface area contributed by atoms with Gasteiger partial charge in [-0.2, -0.15) is 0 Å². The summed E-state index contributed by atoms with van der Waals surface area (Å²) in [5.41, 5.74) is -0.576. The SMILES string of the molecule is CC(C)CC(C)(C(=O)OCCCCCCn1ccc(=S)[nH]c1=O)C(C)C. The number of hydrogen-bond acceptors (Lipinski definition) is 4. The molecule has 0 saturated heterocycles. The predicted molar refractivity (Wildman–Crippen MR) is 108 cm³/mol. The van der Waals surface area contributed by atoms with Crippen LogP contribution in [0.2, 0.25) is 0 Å². The number of ether oxygens (including phenoxy) is 1. The van der Waals surface area contributed by atoms with Gasteiger partial charge in [0.2, 0.25) is 0 Å². The molecular weight excluding hydrogens is 348 g/mol. The summed E-state index contributed by atoms with van der Waals surface area (Å²) in [6.45, 7) is 11.6. The Kier molecular flexibility index (Phi) is 9.27. The third-order valence-electron chi connectivity index (χ3n) is 5.00. The minimum atomic E-state index is -0.414. The second kappa shape index (κ2) is 10.7. The van der Waals surface area contributed by atoms with Gasteiger partial charge in [0, 0.05) is 12.7 Å². The molecule has 0 bridgehead atoms. The van der Waals surface area contributed by atoms with E-state index in [1.165, 1.54) is 0 Å². The van der Waals surface area contributed by atoms with Gasteiger partial charge >= 0.3 is 11.7 Å². The van der Waals surface area contributed by atoms with Crippen LogP contribution >= 0.6 is 12.2 Å². The molecule has 0 fully saturated rings. The Morgan fingerprint density at radius 3 is 2.46 bits per heavy atom. The maximum absolute atomic E-state index is 12.5. The molecule has 0 aliphatic heterocycles. The fourth-order valence-electron chi connectivity index (χ4n) is 3.09. The number of unbranched alkanes of at least 4 members (excludes halogenated alkanes) is 3. The van der Waals surface area contributed by atoms with Crippen LogP contribution in [0.4, 0.5) is 0 Å². The molecular formula is C20H34N2O3S. The van der Waals surface area contributed by atoms with Gasteiger partial charge < -0.3 is 9.30 Å². The maximum atomic E-state index is 12.5. The Morgan fingerprint density at radius 1 is 1.23 bits per heavy atom. The monoisotopic (exact) mass is 382 g/mol. The number of carbonyl (C=O) groups excluding carboxylic acids is 1. The molecule has 1 aromatic heterocycles. The van der Waals surface area contributed by atoms with E-state index in [4.69, 9.17) is 17.0 Å². The molecule has 0 aliphatic rings. The molecule has 0 amide bonds. The molecule has 1 aromatic rings. The molecule has 0 saturated carbocycles. The maximum Gasteiger partial charge on any atom is 0.326 e. The van der Waals surface area contributed by atoms with Gasteiger partial charge in [-0.25, -0.2) is 4.79 Å². The number of nitrogens with zero attached hydrogens (tertiary/aromatic N) is 1. The zero-order valence-electron chi connectivity index (χ0n) is 16.8. The molecule has 1 heterocycles. The van der Waals surface area contributed by atoms with Crippen molar-refractivity contribution in [2.24, 2.45) is 17.3 Å². The average molecular weight is 383 g/mol. The molecule has 5 nitrogen and oxygen atoms in total. The number of rotatable bonds is 11. The molecule has 0 radical (unpaired) electrons. The Morgan fingerprint density at radius 2 is 1.88 bits per heavy atom. The smallest absolute Gasteiger partial charge is 0.326 e. The minimum absolute atomic E-state index is 0.0766. The van der Waals surface area contributed by atoms with Crippen LogP contribution in [0.25, 0.3) is 0 Å². The summed E-state index contributed by atoms with van der Waals surface area (Å²) in [6.07, 6.45) is 6.31. The molecule has 26 heavy (non-hydrogen) atoms. The lowest BCUT2D eigenvalue weighted by atomic mass is 9.73. The molecule has 1 unspecified atom stereocenters. The normalized spacial score (nSPS) is 13.8. The first-order valence-corrected chi connectivity index (χ1v) is 10.0. The summed E-state index contributed by atoms with van der Waals surface area (Å²) < 4.78 is 7.65. The molecule has 1 N–H and O–H groups in total. The summed E-state index contributed by atoms with van der Waals surface area (Å²) in [7, 11) is 0. The number of carbonyl (C=O) groups is 1. The number of aromatic nitrogens is 2. The van der Waals surface area contributed by atoms with Gasteiger partial charge in [0.05, 0.1) is 12.0 Å². The van der Waals surface area contributed by atoms with Crippen molar-refractivity contribution in [1.82, 2.24) is 9.55 Å².